The van der Waals surface area contributed by atoms with Crippen LogP contribution in [0.4, 0.5) is 5.69 Å². The van der Waals surface area contributed by atoms with Crippen molar-refractivity contribution < 1.29 is 13.2 Å². The number of nitrogens with zero attached hydrogens (tertiary/aromatic N) is 1. The second-order valence-electron chi connectivity index (χ2n) is 3.72. The van der Waals surface area contributed by atoms with Crippen LogP contribution in [0.15, 0.2) is 53.7 Å². The van der Waals surface area contributed by atoms with Gasteiger partial charge in [-0.05, 0) is 36.4 Å². The first-order valence-corrected chi connectivity index (χ1v) is 6.81. The molecule has 98 valence electrons. The number of hydrogen-bond acceptors (Lipinski definition) is 5. The molecule has 3 N–H and O–H groups in total. The van der Waals surface area contributed by atoms with Crippen LogP contribution in [0.1, 0.15) is 10.4 Å². The summed E-state index contributed by atoms with van der Waals surface area (Å²) in [5.41, 5.74) is 6.18. The number of hydrogen-bond donors (Lipinski definition) is 2. The van der Waals surface area contributed by atoms with Crippen molar-refractivity contribution in [1.29, 1.82) is 0 Å². The number of rotatable bonds is 3. The van der Waals surface area contributed by atoms with Crippen LogP contribution >= 0.6 is 0 Å². The fourth-order valence-corrected chi connectivity index (χ4v) is 2.30. The topological polar surface area (TPSA) is 102 Å². The van der Waals surface area contributed by atoms with Gasteiger partial charge >= 0.3 is 0 Å². The minimum absolute atomic E-state index is 0.203. The van der Waals surface area contributed by atoms with E-state index in [0.29, 0.717) is 5.69 Å². The van der Waals surface area contributed by atoms with E-state index in [-0.39, 0.29) is 10.6 Å². The van der Waals surface area contributed by atoms with Gasteiger partial charge in [0.05, 0.1) is 0 Å². The highest BCUT2D eigenvalue weighted by molar-refractivity contribution is 7.90. The number of nitrogens with two attached hydrogens (primary N) is 1. The average molecular weight is 277 g/mol. The summed E-state index contributed by atoms with van der Waals surface area (Å²) < 4.78 is 25.7. The molecule has 1 aromatic heterocycles. The van der Waals surface area contributed by atoms with Gasteiger partial charge in [-0.1, -0.05) is 6.07 Å². The second-order valence-corrected chi connectivity index (χ2v) is 5.35. The van der Waals surface area contributed by atoms with Gasteiger partial charge in [-0.3, -0.25) is 4.79 Å². The van der Waals surface area contributed by atoms with Gasteiger partial charge in [-0.2, -0.15) is 8.42 Å². The van der Waals surface area contributed by atoms with E-state index in [2.05, 4.69) is 4.98 Å². The molecule has 6 nitrogen and oxygen atoms in total. The van der Waals surface area contributed by atoms with Gasteiger partial charge in [0, 0.05) is 17.4 Å². The SMILES string of the molecule is Nc1ccc(C(=O)NS(=O)(=O)c2ccccn2)cc1. The molecule has 0 aliphatic heterocycles. The Bertz CT molecular complexity index is 682. The van der Waals surface area contributed by atoms with Crippen molar-refractivity contribution in [3.05, 3.63) is 54.2 Å². The number of benzene rings is 1. The Morgan fingerprint density at radius 1 is 1.11 bits per heavy atom. The largest absolute Gasteiger partial charge is 0.399 e. The van der Waals surface area contributed by atoms with Crippen LogP contribution in [0.2, 0.25) is 0 Å². The van der Waals surface area contributed by atoms with E-state index in [4.69, 9.17) is 5.73 Å². The molecule has 0 unspecified atom stereocenters. The predicted octanol–water partition coefficient (Wildman–Crippen LogP) is 0.783. The number of anilines is 1. The van der Waals surface area contributed by atoms with Crippen LogP contribution in [-0.4, -0.2) is 19.3 Å². The maximum absolute atomic E-state index is 11.9. The van der Waals surface area contributed by atoms with Crippen molar-refractivity contribution in [1.82, 2.24) is 9.71 Å². The van der Waals surface area contributed by atoms with E-state index in [1.807, 2.05) is 4.72 Å². The third-order valence-electron chi connectivity index (χ3n) is 2.31. The molecule has 2 aromatic rings. The zero-order valence-corrected chi connectivity index (χ0v) is 10.6. The Balaban J connectivity index is 2.22. The lowest BCUT2D eigenvalue weighted by molar-refractivity contribution is 0.0981. The van der Waals surface area contributed by atoms with Crippen molar-refractivity contribution in [3.8, 4) is 0 Å². The van der Waals surface area contributed by atoms with Crippen LogP contribution in [0.5, 0.6) is 0 Å². The Morgan fingerprint density at radius 3 is 2.37 bits per heavy atom. The van der Waals surface area contributed by atoms with Gasteiger partial charge in [0.25, 0.3) is 15.9 Å². The fourth-order valence-electron chi connectivity index (χ4n) is 1.37. The molecule has 2 rings (SSSR count). The smallest absolute Gasteiger partial charge is 0.281 e. The number of nitrogen functional groups attached to an aromatic ring is 1. The molecule has 19 heavy (non-hydrogen) atoms. The number of sulfonamides is 1. The van der Waals surface area contributed by atoms with Gasteiger partial charge in [0.15, 0.2) is 5.03 Å². The van der Waals surface area contributed by atoms with E-state index in [1.165, 1.54) is 42.6 Å². The van der Waals surface area contributed by atoms with E-state index in [9.17, 15) is 13.2 Å². The van der Waals surface area contributed by atoms with Gasteiger partial charge in [-0.15, -0.1) is 0 Å². The highest BCUT2D eigenvalue weighted by Crippen LogP contribution is 2.08. The van der Waals surface area contributed by atoms with Crippen molar-refractivity contribution in [3.63, 3.8) is 0 Å². The van der Waals surface area contributed by atoms with Crippen LogP contribution in [0.3, 0.4) is 0 Å². The standard InChI is InChI=1S/C12H11N3O3S/c13-10-6-4-9(5-7-10)12(16)15-19(17,18)11-3-1-2-8-14-11/h1-8H,13H2,(H,15,16). The quantitative estimate of drug-likeness (QED) is 0.807. The summed E-state index contributed by atoms with van der Waals surface area (Å²) in [4.78, 5) is 15.5. The first-order valence-electron chi connectivity index (χ1n) is 5.33. The summed E-state index contributed by atoms with van der Waals surface area (Å²) in [5, 5.41) is -0.209. The summed E-state index contributed by atoms with van der Waals surface area (Å²) in [6.45, 7) is 0. The predicted molar refractivity (Wildman–Crippen MR) is 69.7 cm³/mol. The van der Waals surface area contributed by atoms with Gasteiger partial charge in [0.2, 0.25) is 0 Å². The molecule has 0 aliphatic carbocycles. The van der Waals surface area contributed by atoms with E-state index in [1.54, 1.807) is 6.07 Å². The minimum Gasteiger partial charge on any atom is -0.399 e. The lowest BCUT2D eigenvalue weighted by atomic mass is 10.2. The molecular weight excluding hydrogens is 266 g/mol. The number of nitrogens with one attached hydrogen (secondary N) is 1. The third-order valence-corrected chi connectivity index (χ3v) is 3.56. The number of pyridine rings is 1. The van der Waals surface area contributed by atoms with Crippen molar-refractivity contribution in [2.24, 2.45) is 0 Å². The molecule has 0 spiro atoms. The molecule has 0 saturated carbocycles. The maximum atomic E-state index is 11.9. The summed E-state index contributed by atoms with van der Waals surface area (Å²) in [6, 6.07) is 10.3. The van der Waals surface area contributed by atoms with E-state index < -0.39 is 15.9 Å². The minimum atomic E-state index is -3.96. The zero-order valence-electron chi connectivity index (χ0n) is 9.78. The Hall–Kier alpha value is -2.41. The number of aromatic nitrogens is 1. The summed E-state index contributed by atoms with van der Waals surface area (Å²) in [6.07, 6.45) is 1.34. The number of carbonyl (C=O) groups is 1. The molecule has 0 saturated heterocycles. The maximum Gasteiger partial charge on any atom is 0.281 e. The number of carbonyl (C=O) groups excluding carboxylic acids is 1. The monoisotopic (exact) mass is 277 g/mol. The van der Waals surface area contributed by atoms with Gasteiger partial charge in [0.1, 0.15) is 0 Å². The summed E-state index contributed by atoms with van der Waals surface area (Å²) in [5.74, 6) is -0.731. The molecule has 0 atom stereocenters. The fraction of sp³-hybridized carbons (Fsp3) is 0. The average Bonchev–Trinajstić information content (AvgIpc) is 2.40. The highest BCUT2D eigenvalue weighted by atomic mass is 32.2. The van der Waals surface area contributed by atoms with Gasteiger partial charge in [-0.25, -0.2) is 9.71 Å². The molecule has 0 aliphatic rings. The molecule has 7 heteroatoms. The van der Waals surface area contributed by atoms with E-state index in [0.717, 1.165) is 0 Å². The Morgan fingerprint density at radius 2 is 1.79 bits per heavy atom. The second kappa shape index (κ2) is 5.07. The molecule has 0 radical (unpaired) electrons. The van der Waals surface area contributed by atoms with Crippen LogP contribution in [-0.2, 0) is 10.0 Å². The van der Waals surface area contributed by atoms with Crippen molar-refractivity contribution in [2.45, 2.75) is 5.03 Å². The van der Waals surface area contributed by atoms with Crippen molar-refractivity contribution >= 4 is 21.6 Å². The molecule has 0 fully saturated rings. The van der Waals surface area contributed by atoms with Gasteiger partial charge < -0.3 is 5.73 Å². The highest BCUT2D eigenvalue weighted by Gasteiger charge is 2.19. The molecule has 0 bridgehead atoms. The first kappa shape index (κ1) is 13.0. The number of amides is 1. The van der Waals surface area contributed by atoms with E-state index >= 15 is 0 Å². The van der Waals surface area contributed by atoms with Crippen LogP contribution in [0.25, 0.3) is 0 Å². The molecular formula is C12H11N3O3S. The Labute approximate surface area is 110 Å². The zero-order chi connectivity index (χ0) is 13.9. The third kappa shape index (κ3) is 3.08. The van der Waals surface area contributed by atoms with Crippen LogP contribution < -0.4 is 10.5 Å². The lowest BCUT2D eigenvalue weighted by Crippen LogP contribution is -2.31. The molecule has 1 amide bonds. The van der Waals surface area contributed by atoms with Crippen molar-refractivity contribution in [2.75, 3.05) is 5.73 Å². The summed E-state index contributed by atoms with van der Waals surface area (Å²) >= 11 is 0. The first-order chi connectivity index (χ1) is 8.99. The Kier molecular flexibility index (Phi) is 3.48. The lowest BCUT2D eigenvalue weighted by Gasteiger charge is -2.06. The molecule has 1 heterocycles. The molecule has 1 aromatic carbocycles. The van der Waals surface area contributed by atoms with Crippen LogP contribution in [0, 0.1) is 0 Å². The summed E-state index contributed by atoms with van der Waals surface area (Å²) in [7, 11) is -3.96. The normalized spacial score (nSPS) is 10.9.